The number of nitroso groups, excluding NO2 is 1. The number of hydrogen-bond donors (Lipinski definition) is 3. The minimum Gasteiger partial charge on any atom is -0.378 e. The third-order valence-corrected chi connectivity index (χ3v) is 7.15. The molecule has 4 atom stereocenters. The molecule has 3 aliphatic heterocycles. The highest BCUT2D eigenvalue weighted by molar-refractivity contribution is 6.21. The summed E-state index contributed by atoms with van der Waals surface area (Å²) in [7, 11) is 1.85. The predicted octanol–water partition coefficient (Wildman–Crippen LogP) is 0.734. The largest absolute Gasteiger partial charge is 0.378 e. The van der Waals surface area contributed by atoms with Gasteiger partial charge in [0.15, 0.2) is 6.17 Å². The van der Waals surface area contributed by atoms with E-state index in [0.717, 1.165) is 44.7 Å². The molecule has 11 heteroatoms. The number of anilines is 1. The van der Waals surface area contributed by atoms with Gasteiger partial charge in [-0.15, -0.1) is 16.5 Å². The average molecular weight is 466 g/mol. The Bertz CT molecular complexity index is 803. The molecule has 4 heterocycles. The first-order valence-electron chi connectivity index (χ1n) is 11.2. The van der Waals surface area contributed by atoms with Crippen LogP contribution in [0.5, 0.6) is 0 Å². The first-order valence-corrected chi connectivity index (χ1v) is 11.6. The van der Waals surface area contributed by atoms with Gasteiger partial charge in [0.05, 0.1) is 42.7 Å². The van der Waals surface area contributed by atoms with Gasteiger partial charge >= 0.3 is 0 Å². The Kier molecular flexibility index (Phi) is 7.70. The van der Waals surface area contributed by atoms with Crippen molar-refractivity contribution in [3.05, 3.63) is 28.9 Å². The SMILES string of the molecule is CN1CC(Cl)CNC1C(C(=O)Nc1cnccc1C1CCN(C2COC2)CC1)C(N)N=O. The average Bonchev–Trinajstić information content (AvgIpc) is 2.75. The molecule has 1 aromatic heterocycles. The van der Waals surface area contributed by atoms with E-state index in [1.54, 1.807) is 12.4 Å². The van der Waals surface area contributed by atoms with Gasteiger partial charge in [-0.3, -0.25) is 24.9 Å². The number of aromatic nitrogens is 1. The highest BCUT2D eigenvalue weighted by Gasteiger charge is 2.40. The Morgan fingerprint density at radius 3 is 2.78 bits per heavy atom. The molecule has 176 valence electrons. The van der Waals surface area contributed by atoms with Gasteiger partial charge in [0.2, 0.25) is 5.91 Å². The van der Waals surface area contributed by atoms with Crippen LogP contribution >= 0.6 is 11.6 Å². The lowest BCUT2D eigenvalue weighted by Crippen LogP contribution is -2.62. The van der Waals surface area contributed by atoms with Gasteiger partial charge in [0, 0.05) is 19.3 Å². The fraction of sp³-hybridized carbons (Fsp3) is 0.714. The molecule has 0 bridgehead atoms. The number of likely N-dealkylation sites (tertiary alicyclic amines) is 1. The molecule has 1 amide bonds. The Morgan fingerprint density at radius 2 is 2.16 bits per heavy atom. The summed E-state index contributed by atoms with van der Waals surface area (Å²) in [6, 6.07) is 2.51. The number of ether oxygens (including phenoxy) is 1. The van der Waals surface area contributed by atoms with E-state index in [2.05, 4.69) is 25.7 Å². The van der Waals surface area contributed by atoms with Crippen LogP contribution in [-0.4, -0.2) is 90.9 Å². The Morgan fingerprint density at radius 1 is 1.41 bits per heavy atom. The normalized spacial score (nSPS) is 28.0. The van der Waals surface area contributed by atoms with E-state index in [4.69, 9.17) is 22.1 Å². The molecule has 32 heavy (non-hydrogen) atoms. The van der Waals surface area contributed by atoms with E-state index in [1.807, 2.05) is 18.0 Å². The van der Waals surface area contributed by atoms with Gasteiger partial charge in [-0.25, -0.2) is 0 Å². The van der Waals surface area contributed by atoms with Crippen LogP contribution in [0.2, 0.25) is 0 Å². The molecule has 0 saturated carbocycles. The summed E-state index contributed by atoms with van der Waals surface area (Å²) in [4.78, 5) is 33.2. The van der Waals surface area contributed by atoms with Crippen LogP contribution in [0.1, 0.15) is 24.3 Å². The van der Waals surface area contributed by atoms with E-state index >= 15 is 0 Å². The van der Waals surface area contributed by atoms with Gasteiger partial charge in [-0.05, 0) is 50.5 Å². The maximum Gasteiger partial charge on any atom is 0.234 e. The molecule has 4 unspecified atom stereocenters. The fourth-order valence-corrected chi connectivity index (χ4v) is 5.25. The third kappa shape index (κ3) is 5.11. The molecule has 0 radical (unpaired) electrons. The number of hydrogen-bond acceptors (Lipinski definition) is 9. The van der Waals surface area contributed by atoms with Crippen molar-refractivity contribution in [2.45, 2.75) is 42.5 Å². The summed E-state index contributed by atoms with van der Waals surface area (Å²) < 4.78 is 5.32. The van der Waals surface area contributed by atoms with Crippen LogP contribution in [0, 0.1) is 10.8 Å². The van der Waals surface area contributed by atoms with E-state index in [9.17, 15) is 9.70 Å². The second-order valence-electron chi connectivity index (χ2n) is 8.97. The van der Waals surface area contributed by atoms with Crippen LogP contribution in [0.15, 0.2) is 23.6 Å². The van der Waals surface area contributed by atoms with Gasteiger partial charge < -0.3 is 15.8 Å². The number of nitrogens with two attached hydrogens (primary N) is 1. The molecule has 0 spiro atoms. The lowest BCUT2D eigenvalue weighted by atomic mass is 9.88. The number of piperidine rings is 1. The summed E-state index contributed by atoms with van der Waals surface area (Å²) in [6.45, 7) is 4.76. The fourth-order valence-electron chi connectivity index (χ4n) is 4.94. The van der Waals surface area contributed by atoms with Crippen molar-refractivity contribution in [1.29, 1.82) is 0 Å². The molecular formula is C21H32ClN7O3. The predicted molar refractivity (Wildman–Crippen MR) is 122 cm³/mol. The Labute approximate surface area is 193 Å². The monoisotopic (exact) mass is 465 g/mol. The number of nitrogens with zero attached hydrogens (tertiary/aromatic N) is 4. The number of pyridine rings is 1. The number of carbonyl (C=O) groups excluding carboxylic acids is 1. The number of rotatable bonds is 7. The van der Waals surface area contributed by atoms with E-state index in [-0.39, 0.29) is 11.3 Å². The zero-order valence-electron chi connectivity index (χ0n) is 18.3. The molecule has 1 aromatic rings. The summed E-state index contributed by atoms with van der Waals surface area (Å²) in [5.41, 5.74) is 7.70. The van der Waals surface area contributed by atoms with E-state index < -0.39 is 18.2 Å². The van der Waals surface area contributed by atoms with Crippen molar-refractivity contribution < 1.29 is 9.53 Å². The van der Waals surface area contributed by atoms with E-state index in [0.29, 0.717) is 30.7 Å². The molecule has 3 saturated heterocycles. The zero-order valence-corrected chi connectivity index (χ0v) is 19.1. The number of halogens is 1. The summed E-state index contributed by atoms with van der Waals surface area (Å²) >= 11 is 6.21. The van der Waals surface area contributed by atoms with Crippen LogP contribution < -0.4 is 16.4 Å². The zero-order chi connectivity index (χ0) is 22.7. The van der Waals surface area contributed by atoms with Crippen LogP contribution in [0.3, 0.4) is 0 Å². The maximum absolute atomic E-state index is 13.3. The maximum atomic E-state index is 13.3. The summed E-state index contributed by atoms with van der Waals surface area (Å²) in [5.74, 6) is -0.891. The van der Waals surface area contributed by atoms with Gasteiger partial charge in [-0.1, -0.05) is 5.18 Å². The van der Waals surface area contributed by atoms with Gasteiger partial charge in [-0.2, -0.15) is 0 Å². The molecular weight excluding hydrogens is 434 g/mol. The minimum atomic E-state index is -1.19. The molecule has 3 fully saturated rings. The van der Waals surface area contributed by atoms with Crippen LogP contribution in [0.4, 0.5) is 5.69 Å². The lowest BCUT2D eigenvalue weighted by Gasteiger charge is -2.42. The Balaban J connectivity index is 1.46. The van der Waals surface area contributed by atoms with Gasteiger partial charge in [0.1, 0.15) is 5.92 Å². The van der Waals surface area contributed by atoms with Crippen molar-refractivity contribution >= 4 is 23.2 Å². The third-order valence-electron chi connectivity index (χ3n) is 6.86. The number of carbonyl (C=O) groups is 1. The van der Waals surface area contributed by atoms with E-state index in [1.165, 1.54) is 0 Å². The quantitative estimate of drug-likeness (QED) is 0.397. The molecule has 4 N–H and O–H groups in total. The van der Waals surface area contributed by atoms with Crippen molar-refractivity contribution in [3.8, 4) is 0 Å². The minimum absolute atomic E-state index is 0.0809. The highest BCUT2D eigenvalue weighted by Crippen LogP contribution is 2.34. The summed E-state index contributed by atoms with van der Waals surface area (Å²) in [6.07, 6.45) is 3.81. The van der Waals surface area contributed by atoms with Crippen molar-refractivity contribution in [2.24, 2.45) is 16.8 Å². The van der Waals surface area contributed by atoms with Crippen molar-refractivity contribution in [2.75, 3.05) is 51.8 Å². The van der Waals surface area contributed by atoms with Crippen molar-refractivity contribution in [1.82, 2.24) is 20.1 Å². The van der Waals surface area contributed by atoms with Crippen LogP contribution in [0.25, 0.3) is 0 Å². The van der Waals surface area contributed by atoms with Crippen molar-refractivity contribution in [3.63, 3.8) is 0 Å². The standard InChI is InChI=1S/C21H32ClN7O3/c1-28-10-14(22)8-25-20(28)18(19(23)27-31)21(30)26-17-9-24-5-2-16(17)13-3-6-29(7-4-13)15-11-32-12-15/h2,5,9,13-15,18-20,25H,3-4,6-8,10-12,23H2,1H3,(H,26,30). The number of alkyl halides is 1. The highest BCUT2D eigenvalue weighted by atomic mass is 35.5. The smallest absolute Gasteiger partial charge is 0.234 e. The topological polar surface area (TPSA) is 125 Å². The summed E-state index contributed by atoms with van der Waals surface area (Å²) in [5, 5.41) is 9.11. The second kappa shape index (κ2) is 10.5. The number of amides is 1. The molecule has 0 aromatic carbocycles. The van der Waals surface area contributed by atoms with Gasteiger partial charge in [0.25, 0.3) is 0 Å². The number of nitrogens with one attached hydrogen (secondary N) is 2. The molecule has 3 aliphatic rings. The van der Waals surface area contributed by atoms with Crippen LogP contribution in [-0.2, 0) is 9.53 Å². The lowest BCUT2D eigenvalue weighted by molar-refractivity contribution is -0.123. The first-order chi connectivity index (χ1) is 15.5. The molecule has 0 aliphatic carbocycles. The first kappa shape index (κ1) is 23.5. The molecule has 10 nitrogen and oxygen atoms in total. The second-order valence-corrected chi connectivity index (χ2v) is 9.58. The Hall–Kier alpha value is -1.69. The molecule has 4 rings (SSSR count).